The predicted octanol–water partition coefficient (Wildman–Crippen LogP) is 2.68. The van der Waals surface area contributed by atoms with Crippen molar-refractivity contribution in [1.29, 1.82) is 0 Å². The summed E-state index contributed by atoms with van der Waals surface area (Å²) in [5.74, 6) is -0.254. The topological polar surface area (TPSA) is 106 Å². The fourth-order valence-electron chi connectivity index (χ4n) is 3.44. The second-order valence-electron chi connectivity index (χ2n) is 6.63. The number of nitro groups is 1. The van der Waals surface area contributed by atoms with Crippen molar-refractivity contribution < 1.29 is 14.1 Å². The van der Waals surface area contributed by atoms with Crippen molar-refractivity contribution in [2.45, 2.75) is 25.9 Å². The van der Waals surface area contributed by atoms with Crippen molar-refractivity contribution in [1.82, 2.24) is 19.5 Å². The van der Waals surface area contributed by atoms with Gasteiger partial charge < -0.3 is 20.3 Å². The summed E-state index contributed by atoms with van der Waals surface area (Å²) in [5, 5.41) is 18.7. The van der Waals surface area contributed by atoms with E-state index in [1.165, 1.54) is 19.1 Å². The van der Waals surface area contributed by atoms with Crippen LogP contribution in [0.5, 0.6) is 0 Å². The molecule has 1 atom stereocenters. The van der Waals surface area contributed by atoms with E-state index in [1.807, 2.05) is 0 Å². The summed E-state index contributed by atoms with van der Waals surface area (Å²) < 4.78 is 14.9. The van der Waals surface area contributed by atoms with Crippen LogP contribution in [0.1, 0.15) is 30.5 Å². The Morgan fingerprint density at radius 2 is 2.18 bits per heavy atom. The molecule has 3 heterocycles. The second-order valence-corrected chi connectivity index (χ2v) is 6.63. The largest absolute Gasteiger partial charge is 0.368 e. The van der Waals surface area contributed by atoms with Gasteiger partial charge in [-0.3, -0.25) is 4.79 Å². The van der Waals surface area contributed by atoms with E-state index in [1.54, 1.807) is 23.1 Å². The van der Waals surface area contributed by atoms with E-state index >= 15 is 0 Å². The van der Waals surface area contributed by atoms with Crippen LogP contribution in [-0.4, -0.2) is 36.9 Å². The van der Waals surface area contributed by atoms with Crippen LogP contribution < -0.4 is 5.32 Å². The van der Waals surface area contributed by atoms with Crippen LogP contribution in [0, 0.1) is 15.9 Å². The number of carbonyl (C=O) groups is 1. The minimum absolute atomic E-state index is 0.0792. The summed E-state index contributed by atoms with van der Waals surface area (Å²) in [6.07, 6.45) is 1.74. The molecule has 10 heteroatoms. The van der Waals surface area contributed by atoms with Gasteiger partial charge in [-0.05, 0) is 40.7 Å². The molecule has 28 heavy (non-hydrogen) atoms. The maximum atomic E-state index is 13.8. The van der Waals surface area contributed by atoms with Gasteiger partial charge in [-0.15, -0.1) is 0 Å². The van der Waals surface area contributed by atoms with Crippen LogP contribution in [0.4, 0.5) is 16.0 Å². The van der Waals surface area contributed by atoms with Gasteiger partial charge in [0.1, 0.15) is 12.0 Å². The number of rotatable bonds is 3. The summed E-state index contributed by atoms with van der Waals surface area (Å²) in [6.45, 7) is 2.32. The average molecular weight is 384 g/mol. The molecule has 0 fully saturated rings. The predicted molar refractivity (Wildman–Crippen MR) is 98.1 cm³/mol. The molecule has 1 aliphatic heterocycles. The minimum Gasteiger partial charge on any atom is -0.360 e. The molecule has 3 aromatic rings. The normalized spacial score (nSPS) is 16.5. The van der Waals surface area contributed by atoms with Gasteiger partial charge in [-0.25, -0.2) is 9.37 Å². The zero-order valence-corrected chi connectivity index (χ0v) is 15.0. The summed E-state index contributed by atoms with van der Waals surface area (Å²) in [5.41, 5.74) is 1.95. The van der Waals surface area contributed by atoms with Gasteiger partial charge in [0, 0.05) is 26.1 Å². The first-order chi connectivity index (χ1) is 13.4. The third kappa shape index (κ3) is 3.24. The number of imidazole rings is 1. The molecule has 0 radical (unpaired) electrons. The van der Waals surface area contributed by atoms with Crippen molar-refractivity contribution in [3.05, 3.63) is 63.6 Å². The SMILES string of the molecule is CC(=O)N1CCC(Nc2ccc3ncc([N+](=O)[O-])n3n2)c2ccc(F)cc2C1. The molecule has 1 aromatic carbocycles. The molecule has 1 aliphatic rings. The Morgan fingerprint density at radius 1 is 1.36 bits per heavy atom. The Hall–Kier alpha value is -3.56. The van der Waals surface area contributed by atoms with E-state index in [0.29, 0.717) is 31.0 Å². The van der Waals surface area contributed by atoms with E-state index in [9.17, 15) is 19.3 Å². The van der Waals surface area contributed by atoms with E-state index in [4.69, 9.17) is 0 Å². The summed E-state index contributed by atoms with van der Waals surface area (Å²) >= 11 is 0. The highest BCUT2D eigenvalue weighted by Crippen LogP contribution is 2.30. The van der Waals surface area contributed by atoms with E-state index < -0.39 is 4.92 Å². The second kappa shape index (κ2) is 6.87. The van der Waals surface area contributed by atoms with Crippen molar-refractivity contribution in [3.63, 3.8) is 0 Å². The van der Waals surface area contributed by atoms with Gasteiger partial charge in [0.2, 0.25) is 11.6 Å². The molecular weight excluding hydrogens is 367 g/mol. The molecule has 0 saturated heterocycles. The highest BCUT2D eigenvalue weighted by Gasteiger charge is 2.25. The molecule has 9 nitrogen and oxygen atoms in total. The van der Waals surface area contributed by atoms with E-state index in [-0.39, 0.29) is 23.6 Å². The van der Waals surface area contributed by atoms with Crippen molar-refractivity contribution in [2.75, 3.05) is 11.9 Å². The van der Waals surface area contributed by atoms with E-state index in [0.717, 1.165) is 21.8 Å². The highest BCUT2D eigenvalue weighted by molar-refractivity contribution is 5.73. The molecule has 1 unspecified atom stereocenters. The molecule has 144 valence electrons. The first-order valence-electron chi connectivity index (χ1n) is 8.72. The van der Waals surface area contributed by atoms with Gasteiger partial charge in [0.05, 0.1) is 6.04 Å². The monoisotopic (exact) mass is 384 g/mol. The van der Waals surface area contributed by atoms with Gasteiger partial charge in [-0.2, -0.15) is 0 Å². The Morgan fingerprint density at radius 3 is 2.93 bits per heavy atom. The van der Waals surface area contributed by atoms with Crippen LogP contribution in [0.15, 0.2) is 36.5 Å². The molecule has 0 spiro atoms. The molecule has 4 rings (SSSR count). The molecule has 0 saturated carbocycles. The average Bonchev–Trinajstić information content (AvgIpc) is 2.99. The quantitative estimate of drug-likeness (QED) is 0.550. The number of nitrogens with zero attached hydrogens (tertiary/aromatic N) is 5. The Balaban J connectivity index is 1.69. The number of anilines is 1. The van der Waals surface area contributed by atoms with Crippen molar-refractivity contribution >= 4 is 23.2 Å². The fraction of sp³-hybridized carbons (Fsp3) is 0.278. The third-order valence-electron chi connectivity index (χ3n) is 4.83. The Kier molecular flexibility index (Phi) is 4.38. The maximum absolute atomic E-state index is 13.8. The lowest BCUT2D eigenvalue weighted by Crippen LogP contribution is -2.28. The van der Waals surface area contributed by atoms with Gasteiger partial charge in [-0.1, -0.05) is 15.7 Å². The van der Waals surface area contributed by atoms with Crippen LogP contribution in [-0.2, 0) is 11.3 Å². The van der Waals surface area contributed by atoms with Crippen LogP contribution in [0.2, 0.25) is 0 Å². The standard InChI is InChI=1S/C18H17FN6O3/c1-11(26)23-7-6-15(14-3-2-13(19)8-12(14)10-23)21-16-4-5-17-20-9-18(25(27)28)24(17)22-16/h2-5,8-9,15H,6-7,10H2,1H3,(H,21,22). The Labute approximate surface area is 158 Å². The first kappa shape index (κ1) is 17.8. The number of halogens is 1. The van der Waals surface area contributed by atoms with Gasteiger partial charge in [0.25, 0.3) is 0 Å². The number of amides is 1. The zero-order chi connectivity index (χ0) is 19.8. The number of carbonyl (C=O) groups excluding carboxylic acids is 1. The summed E-state index contributed by atoms with van der Waals surface area (Å²) in [7, 11) is 0. The first-order valence-corrected chi connectivity index (χ1v) is 8.72. The highest BCUT2D eigenvalue weighted by atomic mass is 19.1. The summed E-state index contributed by atoms with van der Waals surface area (Å²) in [4.78, 5) is 28.1. The molecule has 1 N–H and O–H groups in total. The van der Waals surface area contributed by atoms with Gasteiger partial charge >= 0.3 is 5.82 Å². The number of aromatic nitrogens is 3. The minimum atomic E-state index is -0.550. The number of hydrogen-bond acceptors (Lipinski definition) is 6. The fourth-order valence-corrected chi connectivity index (χ4v) is 3.44. The molecule has 1 amide bonds. The third-order valence-corrected chi connectivity index (χ3v) is 4.83. The van der Waals surface area contributed by atoms with Gasteiger partial charge in [0.15, 0.2) is 5.82 Å². The van der Waals surface area contributed by atoms with Crippen molar-refractivity contribution in [3.8, 4) is 0 Å². The lowest BCUT2D eigenvalue weighted by molar-refractivity contribution is -0.391. The number of benzene rings is 1. The van der Waals surface area contributed by atoms with Crippen LogP contribution in [0.25, 0.3) is 5.65 Å². The molecule has 0 aliphatic carbocycles. The van der Waals surface area contributed by atoms with Crippen molar-refractivity contribution in [2.24, 2.45) is 0 Å². The lowest BCUT2D eigenvalue weighted by atomic mass is 9.99. The smallest absolute Gasteiger partial charge is 0.360 e. The number of fused-ring (bicyclic) bond motifs is 2. The van der Waals surface area contributed by atoms with Crippen LogP contribution >= 0.6 is 0 Å². The number of nitrogens with one attached hydrogen (secondary N) is 1. The summed E-state index contributed by atoms with van der Waals surface area (Å²) in [6, 6.07) is 7.60. The lowest BCUT2D eigenvalue weighted by Gasteiger charge is -2.19. The molecule has 0 bridgehead atoms. The molecule has 2 aromatic heterocycles. The molecular formula is C18H17FN6O3. The maximum Gasteiger partial charge on any atom is 0.368 e. The zero-order valence-electron chi connectivity index (χ0n) is 15.0. The number of hydrogen-bond donors (Lipinski definition) is 1. The Bertz CT molecular complexity index is 1080. The van der Waals surface area contributed by atoms with Crippen LogP contribution in [0.3, 0.4) is 0 Å². The van der Waals surface area contributed by atoms with E-state index in [2.05, 4.69) is 15.4 Å².